The van der Waals surface area contributed by atoms with Crippen molar-refractivity contribution in [1.82, 2.24) is 15.1 Å². The second-order valence-electron chi connectivity index (χ2n) is 5.16. The molecule has 5 nitrogen and oxygen atoms in total. The standard InChI is InChI=1S/C13H18F3N3O2/c1-3-17-12(9-4-5-9,11(20)21-2)8-19-7-6-10(18-19)13(14,15)16/h6-7,9,17H,3-5,8H2,1-2H3. The third kappa shape index (κ3) is 3.20. The lowest BCUT2D eigenvalue weighted by Gasteiger charge is -2.31. The van der Waals surface area contributed by atoms with Crippen molar-refractivity contribution in [3.05, 3.63) is 18.0 Å². The van der Waals surface area contributed by atoms with Gasteiger partial charge in [0.2, 0.25) is 0 Å². The molecule has 8 heteroatoms. The molecule has 0 bridgehead atoms. The molecule has 0 aromatic carbocycles. The van der Waals surface area contributed by atoms with Gasteiger partial charge < -0.3 is 10.1 Å². The van der Waals surface area contributed by atoms with E-state index in [9.17, 15) is 18.0 Å². The van der Waals surface area contributed by atoms with Crippen molar-refractivity contribution >= 4 is 5.97 Å². The van der Waals surface area contributed by atoms with Crippen LogP contribution in [0.15, 0.2) is 12.3 Å². The monoisotopic (exact) mass is 305 g/mol. The van der Waals surface area contributed by atoms with Gasteiger partial charge in [-0.05, 0) is 31.4 Å². The lowest BCUT2D eigenvalue weighted by Crippen LogP contribution is -2.57. The first-order valence-electron chi connectivity index (χ1n) is 6.77. The second-order valence-corrected chi connectivity index (χ2v) is 5.16. The number of nitrogens with zero attached hydrogens (tertiary/aromatic N) is 2. The highest BCUT2D eigenvalue weighted by molar-refractivity contribution is 5.81. The molecule has 1 aliphatic carbocycles. The van der Waals surface area contributed by atoms with Gasteiger partial charge in [0.15, 0.2) is 5.69 Å². The molecule has 1 unspecified atom stereocenters. The molecule has 0 saturated heterocycles. The zero-order valence-corrected chi connectivity index (χ0v) is 11.9. The molecule has 1 aromatic heterocycles. The number of rotatable bonds is 6. The van der Waals surface area contributed by atoms with E-state index < -0.39 is 23.4 Å². The predicted octanol–water partition coefficient (Wildman–Crippen LogP) is 1.83. The Kier molecular flexibility index (Phi) is 4.27. The topological polar surface area (TPSA) is 56.2 Å². The summed E-state index contributed by atoms with van der Waals surface area (Å²) in [4.78, 5) is 12.2. The first kappa shape index (κ1) is 15.8. The maximum atomic E-state index is 12.6. The van der Waals surface area contributed by atoms with Crippen molar-refractivity contribution in [2.24, 2.45) is 5.92 Å². The van der Waals surface area contributed by atoms with E-state index in [4.69, 9.17) is 4.74 Å². The number of carbonyl (C=O) groups is 1. The highest BCUT2D eigenvalue weighted by Crippen LogP contribution is 2.41. The molecule has 1 fully saturated rings. The molecule has 1 atom stereocenters. The molecule has 1 heterocycles. The quantitative estimate of drug-likeness (QED) is 0.815. The van der Waals surface area contributed by atoms with Gasteiger partial charge in [-0.3, -0.25) is 4.68 Å². The van der Waals surface area contributed by atoms with Crippen LogP contribution in [-0.2, 0) is 22.3 Å². The van der Waals surface area contributed by atoms with Crippen LogP contribution in [-0.4, -0.2) is 34.9 Å². The maximum absolute atomic E-state index is 12.6. The zero-order valence-electron chi connectivity index (χ0n) is 11.9. The van der Waals surface area contributed by atoms with Gasteiger partial charge in [0.25, 0.3) is 0 Å². The van der Waals surface area contributed by atoms with Crippen molar-refractivity contribution in [2.75, 3.05) is 13.7 Å². The van der Waals surface area contributed by atoms with Crippen LogP contribution in [0.5, 0.6) is 0 Å². The minimum atomic E-state index is -4.49. The van der Waals surface area contributed by atoms with Crippen molar-refractivity contribution in [3.8, 4) is 0 Å². The van der Waals surface area contributed by atoms with Crippen LogP contribution in [0, 0.1) is 5.92 Å². The van der Waals surface area contributed by atoms with E-state index in [1.54, 1.807) is 0 Å². The maximum Gasteiger partial charge on any atom is 0.435 e. The molecule has 118 valence electrons. The normalized spacial score (nSPS) is 18.3. The summed E-state index contributed by atoms with van der Waals surface area (Å²) in [6.07, 6.45) is -1.57. The summed E-state index contributed by atoms with van der Waals surface area (Å²) in [6, 6.07) is 0.904. The van der Waals surface area contributed by atoms with E-state index in [1.165, 1.54) is 13.3 Å². The van der Waals surface area contributed by atoms with Gasteiger partial charge in [0, 0.05) is 6.20 Å². The highest BCUT2D eigenvalue weighted by Gasteiger charge is 2.52. The van der Waals surface area contributed by atoms with Crippen LogP contribution in [0.2, 0.25) is 0 Å². The molecule has 21 heavy (non-hydrogen) atoms. The SMILES string of the molecule is CCNC(Cn1ccc(C(F)(F)F)n1)(C(=O)OC)C1CC1. The van der Waals surface area contributed by atoms with E-state index in [1.807, 2.05) is 6.92 Å². The molecule has 0 amide bonds. The Bertz CT molecular complexity index is 511. The average molecular weight is 305 g/mol. The number of halogens is 3. The Hall–Kier alpha value is -1.57. The lowest BCUT2D eigenvalue weighted by molar-refractivity contribution is -0.150. The molecule has 0 aliphatic heterocycles. The number of nitrogens with one attached hydrogen (secondary N) is 1. The van der Waals surface area contributed by atoms with Crippen LogP contribution in [0.25, 0.3) is 0 Å². The smallest absolute Gasteiger partial charge is 0.435 e. The molecule has 1 aromatic rings. The van der Waals surface area contributed by atoms with Gasteiger partial charge in [-0.1, -0.05) is 6.92 Å². The third-order valence-corrected chi connectivity index (χ3v) is 3.66. The summed E-state index contributed by atoms with van der Waals surface area (Å²) in [5.41, 5.74) is -1.98. The summed E-state index contributed by atoms with van der Waals surface area (Å²) < 4.78 is 43.8. The summed E-state index contributed by atoms with van der Waals surface area (Å²) >= 11 is 0. The van der Waals surface area contributed by atoms with Crippen LogP contribution in [0.4, 0.5) is 13.2 Å². The molecular formula is C13H18F3N3O2. The number of ether oxygens (including phenoxy) is 1. The molecule has 1 N–H and O–H groups in total. The van der Waals surface area contributed by atoms with E-state index in [2.05, 4.69) is 10.4 Å². The zero-order chi connectivity index (χ0) is 15.7. The minimum Gasteiger partial charge on any atom is -0.468 e. The Morgan fingerprint density at radius 2 is 2.19 bits per heavy atom. The highest BCUT2D eigenvalue weighted by atomic mass is 19.4. The number of methoxy groups -OCH3 is 1. The largest absolute Gasteiger partial charge is 0.468 e. The number of hydrogen-bond acceptors (Lipinski definition) is 4. The third-order valence-electron chi connectivity index (χ3n) is 3.66. The summed E-state index contributed by atoms with van der Waals surface area (Å²) in [5, 5.41) is 6.61. The minimum absolute atomic E-state index is 0.0221. The fourth-order valence-corrected chi connectivity index (χ4v) is 2.56. The first-order chi connectivity index (χ1) is 9.83. The Morgan fingerprint density at radius 1 is 1.52 bits per heavy atom. The van der Waals surface area contributed by atoms with Crippen LogP contribution < -0.4 is 5.32 Å². The van der Waals surface area contributed by atoms with Crippen molar-refractivity contribution in [1.29, 1.82) is 0 Å². The van der Waals surface area contributed by atoms with Gasteiger partial charge in [-0.2, -0.15) is 18.3 Å². The molecule has 0 spiro atoms. The number of aromatic nitrogens is 2. The molecule has 1 aliphatic rings. The van der Waals surface area contributed by atoms with E-state index in [0.717, 1.165) is 23.6 Å². The first-order valence-corrected chi connectivity index (χ1v) is 6.77. The average Bonchev–Trinajstić information content (AvgIpc) is 3.16. The molecular weight excluding hydrogens is 287 g/mol. The Morgan fingerprint density at radius 3 is 2.62 bits per heavy atom. The number of likely N-dealkylation sites (N-methyl/N-ethyl adjacent to an activating group) is 1. The van der Waals surface area contributed by atoms with Gasteiger partial charge in [0.05, 0.1) is 13.7 Å². The lowest BCUT2D eigenvalue weighted by atomic mass is 9.93. The predicted molar refractivity (Wildman–Crippen MR) is 68.4 cm³/mol. The number of carbonyl (C=O) groups excluding carboxylic acids is 1. The van der Waals surface area contributed by atoms with Crippen molar-refractivity contribution in [3.63, 3.8) is 0 Å². The van der Waals surface area contributed by atoms with Crippen molar-refractivity contribution < 1.29 is 22.7 Å². The summed E-state index contributed by atoms with van der Waals surface area (Å²) in [5.74, 6) is -0.403. The number of esters is 1. The summed E-state index contributed by atoms with van der Waals surface area (Å²) in [7, 11) is 1.28. The van der Waals surface area contributed by atoms with Gasteiger partial charge in [-0.25, -0.2) is 4.79 Å². The van der Waals surface area contributed by atoms with Gasteiger partial charge in [0.1, 0.15) is 5.54 Å². The van der Waals surface area contributed by atoms with Gasteiger partial charge in [-0.15, -0.1) is 0 Å². The molecule has 1 saturated carbocycles. The Labute approximate surface area is 120 Å². The number of hydrogen-bond donors (Lipinski definition) is 1. The van der Waals surface area contributed by atoms with Crippen LogP contribution >= 0.6 is 0 Å². The fourth-order valence-electron chi connectivity index (χ4n) is 2.56. The van der Waals surface area contributed by atoms with Crippen LogP contribution in [0.3, 0.4) is 0 Å². The van der Waals surface area contributed by atoms with Crippen LogP contribution in [0.1, 0.15) is 25.5 Å². The number of alkyl halides is 3. The molecule has 2 rings (SSSR count). The van der Waals surface area contributed by atoms with Crippen molar-refractivity contribution in [2.45, 2.75) is 38.0 Å². The van der Waals surface area contributed by atoms with E-state index in [0.29, 0.717) is 6.54 Å². The summed E-state index contributed by atoms with van der Waals surface area (Å²) in [6.45, 7) is 2.37. The van der Waals surface area contributed by atoms with Gasteiger partial charge >= 0.3 is 12.1 Å². The van der Waals surface area contributed by atoms with E-state index in [-0.39, 0.29) is 12.5 Å². The Balaban J connectivity index is 2.26. The molecule has 0 radical (unpaired) electrons. The van der Waals surface area contributed by atoms with E-state index >= 15 is 0 Å². The fraction of sp³-hybridized carbons (Fsp3) is 0.692. The second kappa shape index (κ2) is 5.67.